The maximum absolute atomic E-state index is 5.22. The summed E-state index contributed by atoms with van der Waals surface area (Å²) in [5, 5.41) is 9.99. The molecule has 0 aliphatic heterocycles. The number of rotatable bonds is 5. The number of hydrogen-bond acceptors (Lipinski definition) is 5. The number of aromatic nitrogens is 3. The first-order valence-corrected chi connectivity index (χ1v) is 9.74. The molecule has 4 aromatic rings. The Kier molecular flexibility index (Phi) is 5.58. The van der Waals surface area contributed by atoms with Gasteiger partial charge in [-0.1, -0.05) is 48.5 Å². The van der Waals surface area contributed by atoms with Crippen LogP contribution < -0.4 is 16.0 Å². The number of benzene rings is 2. The van der Waals surface area contributed by atoms with Crippen LogP contribution in [0.2, 0.25) is 0 Å². The van der Waals surface area contributed by atoms with Crippen molar-refractivity contribution in [3.8, 4) is 11.1 Å². The van der Waals surface area contributed by atoms with E-state index in [0.717, 1.165) is 23.4 Å². The SMILES string of the molecule is CCNC(=S)Nc1ccc2ncc(Nc3ccccc3-c3ccccc3)nc2n1. The van der Waals surface area contributed by atoms with Gasteiger partial charge in [0.25, 0.3) is 0 Å². The number of nitrogens with one attached hydrogen (secondary N) is 3. The Morgan fingerprint density at radius 1 is 0.897 bits per heavy atom. The molecule has 0 unspecified atom stereocenters. The molecular weight excluding hydrogens is 380 g/mol. The third kappa shape index (κ3) is 4.47. The zero-order chi connectivity index (χ0) is 20.1. The minimum Gasteiger partial charge on any atom is -0.363 e. The fraction of sp³-hybridized carbons (Fsp3) is 0.0909. The molecule has 2 aromatic carbocycles. The molecular formula is C22H20N6S. The highest BCUT2D eigenvalue weighted by Gasteiger charge is 2.08. The van der Waals surface area contributed by atoms with Crippen LogP contribution in [0.3, 0.4) is 0 Å². The van der Waals surface area contributed by atoms with Crippen LogP contribution in [0.1, 0.15) is 6.92 Å². The van der Waals surface area contributed by atoms with E-state index in [1.807, 2.05) is 55.5 Å². The van der Waals surface area contributed by atoms with Gasteiger partial charge in [-0.15, -0.1) is 0 Å². The molecule has 2 aromatic heterocycles. The second kappa shape index (κ2) is 8.62. The summed E-state index contributed by atoms with van der Waals surface area (Å²) < 4.78 is 0. The highest BCUT2D eigenvalue weighted by atomic mass is 32.1. The molecule has 0 spiro atoms. The normalized spacial score (nSPS) is 10.5. The summed E-state index contributed by atoms with van der Waals surface area (Å²) in [6.45, 7) is 2.73. The van der Waals surface area contributed by atoms with Crippen molar-refractivity contribution in [2.24, 2.45) is 0 Å². The summed E-state index contributed by atoms with van der Waals surface area (Å²) in [6, 6.07) is 22.0. The lowest BCUT2D eigenvalue weighted by molar-refractivity contribution is 0.978. The predicted octanol–water partition coefficient (Wildman–Crippen LogP) is 4.74. The number of anilines is 3. The zero-order valence-corrected chi connectivity index (χ0v) is 16.7. The fourth-order valence-electron chi connectivity index (χ4n) is 2.95. The van der Waals surface area contributed by atoms with Gasteiger partial charge in [0.05, 0.1) is 6.20 Å². The van der Waals surface area contributed by atoms with Crippen molar-refractivity contribution in [1.82, 2.24) is 20.3 Å². The molecule has 0 fully saturated rings. The quantitative estimate of drug-likeness (QED) is 0.418. The molecule has 144 valence electrons. The highest BCUT2D eigenvalue weighted by molar-refractivity contribution is 7.80. The van der Waals surface area contributed by atoms with E-state index in [1.165, 1.54) is 0 Å². The first-order chi connectivity index (χ1) is 14.2. The Labute approximate surface area is 174 Å². The van der Waals surface area contributed by atoms with Crippen LogP contribution in [0, 0.1) is 0 Å². The van der Waals surface area contributed by atoms with E-state index in [0.29, 0.717) is 27.9 Å². The first-order valence-electron chi connectivity index (χ1n) is 9.33. The van der Waals surface area contributed by atoms with E-state index < -0.39 is 0 Å². The molecule has 7 heteroatoms. The summed E-state index contributed by atoms with van der Waals surface area (Å²) in [4.78, 5) is 13.6. The molecule has 0 atom stereocenters. The van der Waals surface area contributed by atoms with Gasteiger partial charge in [-0.05, 0) is 42.9 Å². The summed E-state index contributed by atoms with van der Waals surface area (Å²) in [5.41, 5.74) is 4.43. The third-order valence-electron chi connectivity index (χ3n) is 4.26. The van der Waals surface area contributed by atoms with Crippen LogP contribution in [-0.4, -0.2) is 26.6 Å². The highest BCUT2D eigenvalue weighted by Crippen LogP contribution is 2.29. The molecule has 4 rings (SSSR count). The maximum atomic E-state index is 5.22. The molecule has 0 radical (unpaired) electrons. The van der Waals surface area contributed by atoms with E-state index in [2.05, 4.69) is 49.1 Å². The number of pyridine rings is 1. The molecule has 0 saturated carbocycles. The second-order valence-electron chi connectivity index (χ2n) is 6.32. The third-order valence-corrected chi connectivity index (χ3v) is 4.51. The Morgan fingerprint density at radius 3 is 2.48 bits per heavy atom. The van der Waals surface area contributed by atoms with Crippen LogP contribution in [0.25, 0.3) is 22.3 Å². The average molecular weight is 401 g/mol. The van der Waals surface area contributed by atoms with Gasteiger partial charge in [0, 0.05) is 17.8 Å². The lowest BCUT2D eigenvalue weighted by atomic mass is 10.0. The Morgan fingerprint density at radius 2 is 1.66 bits per heavy atom. The number of nitrogens with zero attached hydrogens (tertiary/aromatic N) is 3. The minimum absolute atomic E-state index is 0.526. The topological polar surface area (TPSA) is 74.8 Å². The van der Waals surface area contributed by atoms with Crippen molar-refractivity contribution in [3.63, 3.8) is 0 Å². The number of hydrogen-bond donors (Lipinski definition) is 3. The monoisotopic (exact) mass is 400 g/mol. The Balaban J connectivity index is 1.63. The molecule has 29 heavy (non-hydrogen) atoms. The standard InChI is InChI=1S/C22H20N6S/c1-2-23-22(29)28-19-13-12-18-21(26-19)27-20(14-24-18)25-17-11-7-6-10-16(17)15-8-4-3-5-9-15/h3-14H,2H2,1H3,(H3,23,25,26,27,28,29). The predicted molar refractivity (Wildman–Crippen MR) is 122 cm³/mol. The van der Waals surface area contributed by atoms with Crippen molar-refractivity contribution in [2.45, 2.75) is 6.92 Å². The van der Waals surface area contributed by atoms with Crippen LogP contribution in [-0.2, 0) is 0 Å². The number of thiocarbonyl (C=S) groups is 1. The minimum atomic E-state index is 0.526. The van der Waals surface area contributed by atoms with Crippen LogP contribution >= 0.6 is 12.2 Å². The van der Waals surface area contributed by atoms with Gasteiger partial charge in [0.2, 0.25) is 0 Å². The summed E-state index contributed by atoms with van der Waals surface area (Å²) in [5.74, 6) is 1.25. The van der Waals surface area contributed by atoms with Gasteiger partial charge in [-0.25, -0.2) is 15.0 Å². The average Bonchev–Trinajstić information content (AvgIpc) is 2.75. The molecule has 0 bridgehead atoms. The molecule has 0 saturated heterocycles. The summed E-state index contributed by atoms with van der Waals surface area (Å²) in [7, 11) is 0. The number of fused-ring (bicyclic) bond motifs is 1. The van der Waals surface area contributed by atoms with Gasteiger partial charge in [0.1, 0.15) is 11.3 Å². The van der Waals surface area contributed by atoms with E-state index in [4.69, 9.17) is 12.2 Å². The molecule has 0 aliphatic carbocycles. The maximum Gasteiger partial charge on any atom is 0.182 e. The van der Waals surface area contributed by atoms with Crippen molar-refractivity contribution >= 4 is 45.8 Å². The van der Waals surface area contributed by atoms with Crippen LogP contribution in [0.5, 0.6) is 0 Å². The van der Waals surface area contributed by atoms with Gasteiger partial charge < -0.3 is 16.0 Å². The zero-order valence-electron chi connectivity index (χ0n) is 15.9. The second-order valence-corrected chi connectivity index (χ2v) is 6.72. The van der Waals surface area contributed by atoms with E-state index in [9.17, 15) is 0 Å². The van der Waals surface area contributed by atoms with E-state index in [-0.39, 0.29) is 0 Å². The Bertz CT molecular complexity index is 1150. The van der Waals surface area contributed by atoms with Crippen LogP contribution in [0.4, 0.5) is 17.3 Å². The molecule has 3 N–H and O–H groups in total. The van der Waals surface area contributed by atoms with Gasteiger partial charge in [-0.2, -0.15) is 0 Å². The van der Waals surface area contributed by atoms with Gasteiger partial charge >= 0.3 is 0 Å². The van der Waals surface area contributed by atoms with E-state index in [1.54, 1.807) is 6.20 Å². The lowest BCUT2D eigenvalue weighted by Gasteiger charge is -2.12. The van der Waals surface area contributed by atoms with Crippen molar-refractivity contribution in [3.05, 3.63) is 72.9 Å². The van der Waals surface area contributed by atoms with E-state index >= 15 is 0 Å². The van der Waals surface area contributed by atoms with Crippen molar-refractivity contribution in [1.29, 1.82) is 0 Å². The van der Waals surface area contributed by atoms with Gasteiger partial charge in [-0.3, -0.25) is 0 Å². The van der Waals surface area contributed by atoms with Crippen molar-refractivity contribution < 1.29 is 0 Å². The molecule has 0 amide bonds. The van der Waals surface area contributed by atoms with Crippen molar-refractivity contribution in [2.75, 3.05) is 17.2 Å². The van der Waals surface area contributed by atoms with Crippen LogP contribution in [0.15, 0.2) is 72.9 Å². The molecule has 6 nitrogen and oxygen atoms in total. The Hall–Kier alpha value is -3.58. The fourth-order valence-corrected chi connectivity index (χ4v) is 3.20. The lowest BCUT2D eigenvalue weighted by Crippen LogP contribution is -2.28. The molecule has 0 aliphatic rings. The van der Waals surface area contributed by atoms with Gasteiger partial charge in [0.15, 0.2) is 16.6 Å². The number of para-hydroxylation sites is 1. The largest absolute Gasteiger partial charge is 0.363 e. The summed E-state index contributed by atoms with van der Waals surface area (Å²) in [6.07, 6.45) is 1.71. The smallest absolute Gasteiger partial charge is 0.182 e. The molecule has 2 heterocycles. The summed E-state index contributed by atoms with van der Waals surface area (Å²) >= 11 is 5.22. The first kappa shape index (κ1) is 18.8.